The Hall–Kier alpha value is -1.18. The molecule has 1 aromatic carbocycles. The van der Waals surface area contributed by atoms with Gasteiger partial charge in [-0.2, -0.15) is 8.42 Å². The van der Waals surface area contributed by atoms with Crippen LogP contribution < -0.4 is 5.56 Å². The van der Waals surface area contributed by atoms with Crippen molar-refractivity contribution >= 4 is 31.9 Å². The van der Waals surface area contributed by atoms with Gasteiger partial charge in [0.1, 0.15) is 0 Å². The number of fused-ring (bicyclic) bond motifs is 1. The predicted molar refractivity (Wildman–Crippen MR) is 53.0 cm³/mol. The van der Waals surface area contributed by atoms with Crippen molar-refractivity contribution in [3.63, 3.8) is 0 Å². The Kier molecular flexibility index (Phi) is 1.95. The van der Waals surface area contributed by atoms with Gasteiger partial charge in [-0.1, -0.05) is 12.1 Å². The molecule has 0 bridgehead atoms. The van der Waals surface area contributed by atoms with Crippen LogP contribution in [0.4, 0.5) is 0 Å². The summed E-state index contributed by atoms with van der Waals surface area (Å²) in [6.07, 6.45) is 0. The molecule has 7 heteroatoms. The lowest BCUT2D eigenvalue weighted by atomic mass is 10.3. The van der Waals surface area contributed by atoms with Crippen LogP contribution >= 0.6 is 11.5 Å². The smallest absolute Gasteiger partial charge is 0.268 e. The normalized spacial score (nSPS) is 12.1. The fourth-order valence-corrected chi connectivity index (χ4v) is 2.78. The van der Waals surface area contributed by atoms with Gasteiger partial charge in [-0.3, -0.25) is 9.35 Å². The molecule has 5 nitrogen and oxygen atoms in total. The summed E-state index contributed by atoms with van der Waals surface area (Å²) in [4.78, 5) is 11.4. The first kappa shape index (κ1) is 9.38. The van der Waals surface area contributed by atoms with Crippen LogP contribution in [0, 0.1) is 0 Å². The zero-order valence-corrected chi connectivity index (χ0v) is 8.38. The molecule has 0 aliphatic rings. The molecule has 0 amide bonds. The zero-order valence-electron chi connectivity index (χ0n) is 6.75. The number of aromatic nitrogens is 1. The van der Waals surface area contributed by atoms with Crippen molar-refractivity contribution < 1.29 is 13.0 Å². The average molecular weight is 231 g/mol. The lowest BCUT2D eigenvalue weighted by molar-refractivity contribution is 0.475. The van der Waals surface area contributed by atoms with E-state index in [2.05, 4.69) is 0 Å². The van der Waals surface area contributed by atoms with Gasteiger partial charge in [0, 0.05) is 0 Å². The summed E-state index contributed by atoms with van der Waals surface area (Å²) in [6, 6.07) is 6.44. The zero-order chi connectivity index (χ0) is 10.3. The molecule has 0 fully saturated rings. The molecule has 0 saturated carbocycles. The minimum Gasteiger partial charge on any atom is -0.268 e. The van der Waals surface area contributed by atoms with Gasteiger partial charge < -0.3 is 0 Å². The van der Waals surface area contributed by atoms with E-state index in [1.165, 1.54) is 6.07 Å². The maximum atomic E-state index is 11.4. The van der Waals surface area contributed by atoms with Crippen molar-refractivity contribution in [3.8, 4) is 0 Å². The van der Waals surface area contributed by atoms with E-state index in [4.69, 9.17) is 4.55 Å². The highest BCUT2D eigenvalue weighted by molar-refractivity contribution is 7.86. The Balaban J connectivity index is 2.96. The van der Waals surface area contributed by atoms with Gasteiger partial charge >= 0.3 is 10.3 Å². The van der Waals surface area contributed by atoms with Crippen molar-refractivity contribution in [2.24, 2.45) is 0 Å². The fraction of sp³-hybridized carbons (Fsp3) is 0. The van der Waals surface area contributed by atoms with Crippen LogP contribution in [0.1, 0.15) is 0 Å². The minimum atomic E-state index is -4.47. The van der Waals surface area contributed by atoms with Crippen molar-refractivity contribution in [2.45, 2.75) is 0 Å². The van der Waals surface area contributed by atoms with Gasteiger partial charge in [0.15, 0.2) is 0 Å². The second-order valence-corrected chi connectivity index (χ2v) is 5.08. The fourth-order valence-electron chi connectivity index (χ4n) is 1.10. The van der Waals surface area contributed by atoms with E-state index in [0.29, 0.717) is 19.6 Å². The quantitative estimate of drug-likeness (QED) is 0.733. The van der Waals surface area contributed by atoms with Crippen LogP contribution in [0.2, 0.25) is 0 Å². The maximum absolute atomic E-state index is 11.4. The lowest BCUT2D eigenvalue weighted by Crippen LogP contribution is -2.20. The molecular formula is C7H5NO4S2. The largest absolute Gasteiger partial charge is 0.375 e. The first-order chi connectivity index (χ1) is 6.50. The minimum absolute atomic E-state index is 0.287. The third-order valence-electron chi connectivity index (χ3n) is 1.67. The van der Waals surface area contributed by atoms with E-state index in [-0.39, 0.29) is 5.39 Å². The Morgan fingerprint density at radius 3 is 2.50 bits per heavy atom. The highest BCUT2D eigenvalue weighted by atomic mass is 32.3. The number of nitrogens with zero attached hydrogens (tertiary/aromatic N) is 1. The van der Waals surface area contributed by atoms with Gasteiger partial charge in [0.05, 0.1) is 10.1 Å². The Bertz CT molecular complexity index is 637. The summed E-state index contributed by atoms with van der Waals surface area (Å²) in [5.74, 6) is 0. The molecule has 0 aliphatic carbocycles. The molecule has 0 radical (unpaired) electrons. The van der Waals surface area contributed by atoms with Crippen molar-refractivity contribution in [2.75, 3.05) is 0 Å². The topological polar surface area (TPSA) is 76.4 Å². The first-order valence-electron chi connectivity index (χ1n) is 3.59. The molecule has 14 heavy (non-hydrogen) atoms. The van der Waals surface area contributed by atoms with Crippen molar-refractivity contribution in [1.29, 1.82) is 0 Å². The van der Waals surface area contributed by atoms with Gasteiger partial charge in [-0.05, 0) is 23.7 Å². The number of hydrogen-bond acceptors (Lipinski definition) is 4. The van der Waals surface area contributed by atoms with Gasteiger partial charge in [0.25, 0.3) is 5.56 Å². The second kappa shape index (κ2) is 2.91. The summed E-state index contributed by atoms with van der Waals surface area (Å²) in [5, 5.41) is 0.287. The lowest BCUT2D eigenvalue weighted by Gasteiger charge is -1.90. The molecule has 0 unspecified atom stereocenters. The van der Waals surface area contributed by atoms with E-state index < -0.39 is 15.9 Å². The van der Waals surface area contributed by atoms with Crippen LogP contribution in [0.25, 0.3) is 10.1 Å². The standard InChI is InChI=1S/C7H5NO4S2/c9-7-5-3-1-2-4-6(5)13-8(7)14(10,11)12/h1-4H,(H,10,11,12). The van der Waals surface area contributed by atoms with Gasteiger partial charge in [-0.25, -0.2) is 0 Å². The Labute approximate surface area is 83.2 Å². The van der Waals surface area contributed by atoms with Crippen molar-refractivity contribution in [3.05, 3.63) is 34.6 Å². The molecule has 2 rings (SSSR count). The summed E-state index contributed by atoms with van der Waals surface area (Å²) >= 11 is 0.697. The van der Waals surface area contributed by atoms with Crippen LogP contribution in [-0.4, -0.2) is 16.3 Å². The van der Waals surface area contributed by atoms with Crippen LogP contribution in [0.15, 0.2) is 29.1 Å². The van der Waals surface area contributed by atoms with E-state index in [1.807, 2.05) is 0 Å². The van der Waals surface area contributed by atoms with Crippen LogP contribution in [0.5, 0.6) is 0 Å². The molecule has 0 aliphatic heterocycles. The highest BCUT2D eigenvalue weighted by Gasteiger charge is 2.15. The van der Waals surface area contributed by atoms with E-state index in [1.54, 1.807) is 18.2 Å². The number of rotatable bonds is 1. The summed E-state index contributed by atoms with van der Waals surface area (Å²) < 4.78 is 31.1. The maximum Gasteiger partial charge on any atom is 0.375 e. The van der Waals surface area contributed by atoms with Crippen LogP contribution in [-0.2, 0) is 10.3 Å². The molecular weight excluding hydrogens is 226 g/mol. The SMILES string of the molecule is O=c1c2ccccc2sn1S(=O)(=O)O. The predicted octanol–water partition coefficient (Wildman–Crippen LogP) is 0.714. The molecule has 0 spiro atoms. The Morgan fingerprint density at radius 1 is 1.29 bits per heavy atom. The second-order valence-electron chi connectivity index (χ2n) is 2.60. The van der Waals surface area contributed by atoms with Gasteiger partial charge in [0.2, 0.25) is 0 Å². The van der Waals surface area contributed by atoms with Crippen molar-refractivity contribution in [1.82, 2.24) is 3.36 Å². The molecule has 74 valence electrons. The molecule has 1 aromatic heterocycles. The van der Waals surface area contributed by atoms with Gasteiger partial charge in [-0.15, -0.1) is 3.36 Å². The molecule has 2 aromatic rings. The monoisotopic (exact) mass is 231 g/mol. The average Bonchev–Trinajstić information content (AvgIpc) is 2.44. The van der Waals surface area contributed by atoms with E-state index in [9.17, 15) is 13.2 Å². The summed E-state index contributed by atoms with van der Waals surface area (Å²) in [6.45, 7) is 0. The number of hydrogen-bond donors (Lipinski definition) is 1. The molecule has 1 heterocycles. The van der Waals surface area contributed by atoms with Crippen LogP contribution in [0.3, 0.4) is 0 Å². The summed E-state index contributed by atoms with van der Waals surface area (Å²) in [5.41, 5.74) is -0.715. The third kappa shape index (κ3) is 1.35. The molecule has 0 saturated heterocycles. The highest BCUT2D eigenvalue weighted by Crippen LogP contribution is 2.16. The van der Waals surface area contributed by atoms with E-state index in [0.717, 1.165) is 0 Å². The molecule has 0 atom stereocenters. The van der Waals surface area contributed by atoms with E-state index >= 15 is 0 Å². The third-order valence-corrected chi connectivity index (χ3v) is 3.93. The number of benzene rings is 1. The first-order valence-corrected chi connectivity index (χ1v) is 5.76. The molecule has 1 N–H and O–H groups in total. The Morgan fingerprint density at radius 2 is 1.93 bits per heavy atom. The summed E-state index contributed by atoms with van der Waals surface area (Å²) in [7, 11) is -4.47.